The molecule has 1 aliphatic rings. The monoisotopic (exact) mass is 284 g/mol. The molecule has 0 bridgehead atoms. The van der Waals surface area contributed by atoms with E-state index in [0.717, 1.165) is 0 Å². The smallest absolute Gasteiger partial charge is 0.231 e. The largest absolute Gasteiger partial charge is 0.495 e. The highest BCUT2D eigenvalue weighted by atomic mass is 35.5. The Morgan fingerprint density at radius 2 is 2.26 bits per heavy atom. The maximum atomic E-state index is 12.2. The Bertz CT molecular complexity index is 467. The molecule has 104 valence electrons. The summed E-state index contributed by atoms with van der Waals surface area (Å²) in [4.78, 5) is 12.2. The van der Waals surface area contributed by atoms with Crippen LogP contribution in [0.1, 0.15) is 0 Å². The summed E-state index contributed by atoms with van der Waals surface area (Å²) >= 11 is 5.94. The lowest BCUT2D eigenvalue weighted by molar-refractivity contribution is -0.120. The third kappa shape index (κ3) is 3.18. The lowest BCUT2D eigenvalue weighted by atomic mass is 10.0. The first-order valence-corrected chi connectivity index (χ1v) is 6.43. The predicted octanol–water partition coefficient (Wildman–Crippen LogP) is 1.52. The van der Waals surface area contributed by atoms with Gasteiger partial charge in [0.15, 0.2) is 0 Å². The predicted molar refractivity (Wildman–Crippen MR) is 73.8 cm³/mol. The Hall–Kier alpha value is -1.30. The molecule has 1 aromatic rings. The maximum Gasteiger partial charge on any atom is 0.231 e. The van der Waals surface area contributed by atoms with Gasteiger partial charge in [-0.3, -0.25) is 4.79 Å². The zero-order valence-corrected chi connectivity index (χ0v) is 11.7. The third-order valence-corrected chi connectivity index (χ3v) is 3.52. The molecule has 0 saturated carbocycles. The van der Waals surface area contributed by atoms with Gasteiger partial charge in [0.25, 0.3) is 0 Å². The number of ether oxygens (including phenoxy) is 2. The topological polar surface area (TPSA) is 59.6 Å². The van der Waals surface area contributed by atoms with E-state index in [4.69, 9.17) is 21.1 Å². The molecule has 19 heavy (non-hydrogen) atoms. The van der Waals surface area contributed by atoms with Gasteiger partial charge in [0, 0.05) is 17.8 Å². The number of carbonyl (C=O) groups is 1. The highest BCUT2D eigenvalue weighted by molar-refractivity contribution is 6.32. The molecular weight excluding hydrogens is 268 g/mol. The third-order valence-electron chi connectivity index (χ3n) is 3.21. The maximum absolute atomic E-state index is 12.2. The van der Waals surface area contributed by atoms with Crippen LogP contribution < -0.4 is 15.4 Å². The van der Waals surface area contributed by atoms with Crippen molar-refractivity contribution >= 4 is 23.2 Å². The van der Waals surface area contributed by atoms with Gasteiger partial charge in [-0.1, -0.05) is 11.6 Å². The van der Waals surface area contributed by atoms with Gasteiger partial charge in [0.05, 0.1) is 31.3 Å². The van der Waals surface area contributed by atoms with Crippen LogP contribution in [0.25, 0.3) is 0 Å². The average Bonchev–Trinajstić information content (AvgIpc) is 2.89. The number of anilines is 1. The molecular formula is C13H17ClN2O3. The molecule has 0 spiro atoms. The summed E-state index contributed by atoms with van der Waals surface area (Å²) in [5, 5.41) is 6.45. The molecule has 0 radical (unpaired) electrons. The molecule has 1 saturated heterocycles. The van der Waals surface area contributed by atoms with Crippen molar-refractivity contribution in [3.63, 3.8) is 0 Å². The fourth-order valence-corrected chi connectivity index (χ4v) is 2.26. The van der Waals surface area contributed by atoms with E-state index >= 15 is 0 Å². The van der Waals surface area contributed by atoms with Crippen LogP contribution in [0.4, 0.5) is 5.69 Å². The Morgan fingerprint density at radius 1 is 1.47 bits per heavy atom. The minimum atomic E-state index is -0.188. The average molecular weight is 285 g/mol. The quantitative estimate of drug-likeness (QED) is 0.880. The van der Waals surface area contributed by atoms with Gasteiger partial charge in [-0.25, -0.2) is 0 Å². The van der Waals surface area contributed by atoms with E-state index < -0.39 is 0 Å². The summed E-state index contributed by atoms with van der Waals surface area (Å²) in [7, 11) is 3.36. The Kier molecular flexibility index (Phi) is 4.63. The van der Waals surface area contributed by atoms with Crippen LogP contribution in [0.15, 0.2) is 18.2 Å². The number of halogens is 1. The minimum Gasteiger partial charge on any atom is -0.495 e. The first-order chi connectivity index (χ1) is 9.15. The second kappa shape index (κ2) is 6.23. The lowest BCUT2D eigenvalue weighted by Crippen LogP contribution is -2.39. The molecule has 1 fully saturated rings. The number of hydrogen-bond acceptors (Lipinski definition) is 4. The van der Waals surface area contributed by atoms with Crippen LogP contribution >= 0.6 is 11.6 Å². The molecule has 0 aromatic heterocycles. The zero-order valence-electron chi connectivity index (χ0n) is 10.9. The van der Waals surface area contributed by atoms with Gasteiger partial charge in [0.2, 0.25) is 5.91 Å². The first kappa shape index (κ1) is 14.1. The summed E-state index contributed by atoms with van der Waals surface area (Å²) in [6.45, 7) is 0.987. The van der Waals surface area contributed by atoms with E-state index in [2.05, 4.69) is 10.6 Å². The van der Waals surface area contributed by atoms with Crippen molar-refractivity contribution in [2.75, 3.05) is 32.7 Å². The number of carbonyl (C=O) groups excluding carboxylic acids is 1. The number of nitrogens with one attached hydrogen (secondary N) is 2. The molecule has 2 atom stereocenters. The summed E-state index contributed by atoms with van der Waals surface area (Å²) in [5.74, 6) is 0.278. The molecule has 2 rings (SSSR count). The number of benzene rings is 1. The van der Waals surface area contributed by atoms with Crippen molar-refractivity contribution in [1.82, 2.24) is 5.32 Å². The molecule has 1 aromatic carbocycles. The van der Waals surface area contributed by atoms with E-state index in [1.807, 2.05) is 7.05 Å². The highest BCUT2D eigenvalue weighted by Crippen LogP contribution is 2.28. The molecule has 2 unspecified atom stereocenters. The van der Waals surface area contributed by atoms with Crippen LogP contribution in [0.3, 0.4) is 0 Å². The van der Waals surface area contributed by atoms with E-state index in [1.54, 1.807) is 18.2 Å². The second-order valence-electron chi connectivity index (χ2n) is 4.38. The lowest BCUT2D eigenvalue weighted by Gasteiger charge is -2.16. The van der Waals surface area contributed by atoms with Crippen molar-refractivity contribution in [1.29, 1.82) is 0 Å². The van der Waals surface area contributed by atoms with Crippen LogP contribution in [-0.4, -0.2) is 39.3 Å². The molecule has 6 heteroatoms. The van der Waals surface area contributed by atoms with Crippen molar-refractivity contribution < 1.29 is 14.3 Å². The molecule has 5 nitrogen and oxygen atoms in total. The van der Waals surface area contributed by atoms with Gasteiger partial charge in [-0.15, -0.1) is 0 Å². The van der Waals surface area contributed by atoms with Gasteiger partial charge in [0.1, 0.15) is 5.75 Å². The van der Waals surface area contributed by atoms with Crippen molar-refractivity contribution in [3.05, 3.63) is 23.2 Å². The zero-order chi connectivity index (χ0) is 13.8. The summed E-state index contributed by atoms with van der Waals surface area (Å²) < 4.78 is 10.4. The SMILES string of the molecule is CNC1COCC1C(=O)Nc1ccc(Cl)c(OC)c1. The van der Waals surface area contributed by atoms with Gasteiger partial charge >= 0.3 is 0 Å². The molecule has 1 amide bonds. The van der Waals surface area contributed by atoms with Gasteiger partial charge in [-0.2, -0.15) is 0 Å². The summed E-state index contributed by atoms with van der Waals surface area (Å²) in [5.41, 5.74) is 0.660. The number of rotatable bonds is 4. The number of methoxy groups -OCH3 is 1. The van der Waals surface area contributed by atoms with Gasteiger partial charge < -0.3 is 20.1 Å². The summed E-state index contributed by atoms with van der Waals surface area (Å²) in [6, 6.07) is 5.18. The standard InChI is InChI=1S/C13H17ClN2O3/c1-15-11-7-19-6-9(11)13(17)16-8-3-4-10(14)12(5-8)18-2/h3-5,9,11,15H,6-7H2,1-2H3,(H,16,17). The van der Waals surface area contributed by atoms with Crippen LogP contribution in [0.5, 0.6) is 5.75 Å². The Balaban J connectivity index is 2.06. The Labute approximate surface area is 117 Å². The van der Waals surface area contributed by atoms with Crippen molar-refractivity contribution in [3.8, 4) is 5.75 Å². The molecule has 2 N–H and O–H groups in total. The van der Waals surface area contributed by atoms with Crippen molar-refractivity contribution in [2.24, 2.45) is 5.92 Å². The normalized spacial score (nSPS) is 22.3. The highest BCUT2D eigenvalue weighted by Gasteiger charge is 2.32. The first-order valence-electron chi connectivity index (χ1n) is 6.05. The van der Waals surface area contributed by atoms with Crippen LogP contribution in [0, 0.1) is 5.92 Å². The second-order valence-corrected chi connectivity index (χ2v) is 4.78. The van der Waals surface area contributed by atoms with E-state index in [0.29, 0.717) is 29.7 Å². The number of amides is 1. The Morgan fingerprint density at radius 3 is 2.95 bits per heavy atom. The molecule has 1 heterocycles. The number of likely N-dealkylation sites (N-methyl/N-ethyl adjacent to an activating group) is 1. The fourth-order valence-electron chi connectivity index (χ4n) is 2.07. The van der Waals surface area contributed by atoms with E-state index in [9.17, 15) is 4.79 Å². The molecule has 1 aliphatic heterocycles. The minimum absolute atomic E-state index is 0.0502. The summed E-state index contributed by atoms with van der Waals surface area (Å²) in [6.07, 6.45) is 0. The number of hydrogen-bond donors (Lipinski definition) is 2. The van der Waals surface area contributed by atoms with Gasteiger partial charge in [-0.05, 0) is 19.2 Å². The van der Waals surface area contributed by atoms with Crippen LogP contribution in [0.2, 0.25) is 5.02 Å². The van der Waals surface area contributed by atoms with E-state index in [1.165, 1.54) is 7.11 Å². The van der Waals surface area contributed by atoms with E-state index in [-0.39, 0.29) is 17.9 Å². The fraction of sp³-hybridized carbons (Fsp3) is 0.462. The molecule has 0 aliphatic carbocycles. The van der Waals surface area contributed by atoms with Crippen LogP contribution in [-0.2, 0) is 9.53 Å². The van der Waals surface area contributed by atoms with Crippen molar-refractivity contribution in [2.45, 2.75) is 6.04 Å².